The number of unbranched alkanes of at least 4 members (excludes halogenated alkanes) is 20. The van der Waals surface area contributed by atoms with Gasteiger partial charge in [0, 0.05) is 19.4 Å². The summed E-state index contributed by atoms with van der Waals surface area (Å²) in [5.41, 5.74) is 0. The molecule has 312 valence electrons. The lowest BCUT2D eigenvalue weighted by molar-refractivity contribution is -0.163. The van der Waals surface area contributed by atoms with Gasteiger partial charge < -0.3 is 14.2 Å². The second-order valence-corrected chi connectivity index (χ2v) is 14.9. The largest absolute Gasteiger partial charge is 0.462 e. The molecular weight excluding hydrogens is 669 g/mol. The highest BCUT2D eigenvalue weighted by atomic mass is 16.6. The number of rotatable bonds is 41. The molecule has 0 saturated heterocycles. The zero-order valence-corrected chi connectivity index (χ0v) is 35.7. The van der Waals surface area contributed by atoms with Gasteiger partial charge in [0.2, 0.25) is 0 Å². The smallest absolute Gasteiger partial charge is 0.306 e. The van der Waals surface area contributed by atoms with Gasteiger partial charge in [-0.2, -0.15) is 0 Å². The molecule has 0 saturated carbocycles. The molecule has 0 aliphatic carbocycles. The summed E-state index contributed by atoms with van der Waals surface area (Å²) in [6.45, 7) is 7.62. The Kier molecular flexibility index (Phi) is 43.0. The molecule has 54 heavy (non-hydrogen) atoms. The molecule has 0 N–H and O–H groups in total. The molecule has 0 aromatic rings. The molecule has 0 rings (SSSR count). The highest BCUT2D eigenvalue weighted by molar-refractivity contribution is 5.70. The monoisotopic (exact) mass is 755 g/mol. The fourth-order valence-corrected chi connectivity index (χ4v) is 6.19. The Hall–Kier alpha value is -2.40. The lowest BCUT2D eigenvalue weighted by Crippen LogP contribution is -2.30. The maximum absolute atomic E-state index is 12.7. The third-order valence-corrected chi connectivity index (χ3v) is 9.57. The lowest BCUT2D eigenvalue weighted by Gasteiger charge is -2.18. The van der Waals surface area contributed by atoms with E-state index in [2.05, 4.69) is 81.5 Å². The molecule has 0 bridgehead atoms. The van der Waals surface area contributed by atoms with E-state index in [4.69, 9.17) is 14.2 Å². The van der Waals surface area contributed by atoms with Crippen LogP contribution >= 0.6 is 0 Å². The number of carbonyl (C=O) groups is 2. The van der Waals surface area contributed by atoms with Crippen molar-refractivity contribution in [3.8, 4) is 0 Å². The summed E-state index contributed by atoms with van der Waals surface area (Å²) in [4.78, 5) is 25.1. The fourth-order valence-electron chi connectivity index (χ4n) is 6.19. The van der Waals surface area contributed by atoms with Gasteiger partial charge in [0.1, 0.15) is 6.61 Å². The lowest BCUT2D eigenvalue weighted by atomic mass is 10.0. The van der Waals surface area contributed by atoms with Crippen LogP contribution in [0.15, 0.2) is 60.8 Å². The Morgan fingerprint density at radius 2 is 0.833 bits per heavy atom. The molecule has 0 radical (unpaired) electrons. The molecule has 0 amide bonds. The number of esters is 2. The number of ether oxygens (including phenoxy) is 3. The average molecular weight is 755 g/mol. The quantitative estimate of drug-likeness (QED) is 0.0353. The summed E-state index contributed by atoms with van der Waals surface area (Å²) in [5.74, 6) is -0.464. The molecule has 5 nitrogen and oxygen atoms in total. The summed E-state index contributed by atoms with van der Waals surface area (Å²) >= 11 is 0. The molecule has 0 spiro atoms. The molecule has 0 aliphatic rings. The van der Waals surface area contributed by atoms with Gasteiger partial charge in [0.05, 0.1) is 6.61 Å². The molecular formula is C49H86O5. The normalized spacial score (nSPS) is 12.7. The molecule has 1 unspecified atom stereocenters. The summed E-state index contributed by atoms with van der Waals surface area (Å²) in [6, 6.07) is 0. The van der Waals surface area contributed by atoms with Crippen molar-refractivity contribution in [1.29, 1.82) is 0 Å². The second kappa shape index (κ2) is 45.0. The number of hydrogen-bond donors (Lipinski definition) is 0. The van der Waals surface area contributed by atoms with Crippen molar-refractivity contribution in [3.05, 3.63) is 60.8 Å². The van der Waals surface area contributed by atoms with Gasteiger partial charge in [-0.05, 0) is 57.8 Å². The van der Waals surface area contributed by atoms with E-state index < -0.39 is 6.10 Å². The Morgan fingerprint density at radius 3 is 1.31 bits per heavy atom. The molecule has 0 heterocycles. The average Bonchev–Trinajstić information content (AvgIpc) is 3.17. The molecule has 0 aromatic carbocycles. The van der Waals surface area contributed by atoms with Crippen molar-refractivity contribution in [2.45, 2.75) is 219 Å². The van der Waals surface area contributed by atoms with E-state index in [0.717, 1.165) is 70.6 Å². The fraction of sp³-hybridized carbons (Fsp3) is 0.755. The summed E-state index contributed by atoms with van der Waals surface area (Å²) in [7, 11) is 0. The van der Waals surface area contributed by atoms with Crippen LogP contribution in [0.4, 0.5) is 0 Å². The van der Waals surface area contributed by atoms with Crippen LogP contribution in [-0.4, -0.2) is 37.9 Å². The summed E-state index contributed by atoms with van der Waals surface area (Å²) in [5, 5.41) is 0. The first-order chi connectivity index (χ1) is 26.6. The first-order valence-electron chi connectivity index (χ1n) is 22.8. The van der Waals surface area contributed by atoms with Crippen LogP contribution in [-0.2, 0) is 23.8 Å². The molecule has 1 atom stereocenters. The standard InChI is InChI=1S/C49H86O5/c1-4-7-10-13-16-18-20-22-24-25-27-28-30-32-34-36-39-42-48(50)53-46-47(45-52-44-41-38-15-12-9-6-3)54-49(51)43-40-37-35-33-31-29-26-23-21-19-17-14-11-8-5-2/h7,10,16,18,22,24,27-28,32,34,47H,4-6,8-9,11-15,17,19-21,23,25-26,29-31,33,35-46H2,1-3H3/b10-7-,18-16-,24-22-,28-27-,34-32-. The Balaban J connectivity index is 4.20. The Bertz CT molecular complexity index is 946. The minimum Gasteiger partial charge on any atom is -0.462 e. The summed E-state index contributed by atoms with van der Waals surface area (Å²) in [6.07, 6.45) is 55.2. The van der Waals surface area contributed by atoms with Crippen molar-refractivity contribution < 1.29 is 23.8 Å². The zero-order valence-electron chi connectivity index (χ0n) is 35.7. The van der Waals surface area contributed by atoms with Crippen molar-refractivity contribution in [3.63, 3.8) is 0 Å². The summed E-state index contributed by atoms with van der Waals surface area (Å²) < 4.78 is 17.2. The highest BCUT2D eigenvalue weighted by Gasteiger charge is 2.17. The molecule has 0 aliphatic heterocycles. The van der Waals surface area contributed by atoms with Gasteiger partial charge in [-0.1, -0.05) is 204 Å². The van der Waals surface area contributed by atoms with Crippen molar-refractivity contribution >= 4 is 11.9 Å². The molecule has 0 aromatic heterocycles. The van der Waals surface area contributed by atoms with Crippen molar-refractivity contribution in [1.82, 2.24) is 0 Å². The minimum absolute atomic E-state index is 0.0571. The third-order valence-electron chi connectivity index (χ3n) is 9.57. The Morgan fingerprint density at radius 1 is 0.426 bits per heavy atom. The van der Waals surface area contributed by atoms with Crippen LogP contribution in [0.1, 0.15) is 213 Å². The topological polar surface area (TPSA) is 61.8 Å². The van der Waals surface area contributed by atoms with Crippen LogP contribution < -0.4 is 0 Å². The second-order valence-electron chi connectivity index (χ2n) is 14.9. The van der Waals surface area contributed by atoms with Gasteiger partial charge in [-0.3, -0.25) is 9.59 Å². The van der Waals surface area contributed by atoms with Crippen molar-refractivity contribution in [2.24, 2.45) is 0 Å². The van der Waals surface area contributed by atoms with Crippen LogP contribution in [0, 0.1) is 0 Å². The van der Waals surface area contributed by atoms with E-state index in [1.165, 1.54) is 109 Å². The maximum atomic E-state index is 12.7. The van der Waals surface area contributed by atoms with Crippen LogP contribution in [0.25, 0.3) is 0 Å². The zero-order chi connectivity index (χ0) is 39.3. The maximum Gasteiger partial charge on any atom is 0.306 e. The van der Waals surface area contributed by atoms with E-state index in [1.54, 1.807) is 0 Å². The predicted octanol–water partition coefficient (Wildman–Crippen LogP) is 15.0. The van der Waals surface area contributed by atoms with E-state index >= 15 is 0 Å². The third kappa shape index (κ3) is 42.3. The van der Waals surface area contributed by atoms with Crippen LogP contribution in [0.3, 0.4) is 0 Å². The van der Waals surface area contributed by atoms with Crippen molar-refractivity contribution in [2.75, 3.05) is 19.8 Å². The number of allylic oxidation sites excluding steroid dienone is 10. The molecule has 5 heteroatoms. The van der Waals surface area contributed by atoms with Gasteiger partial charge in [-0.25, -0.2) is 0 Å². The van der Waals surface area contributed by atoms with Gasteiger partial charge in [0.15, 0.2) is 6.10 Å². The Labute approximate surface area is 334 Å². The number of hydrogen-bond acceptors (Lipinski definition) is 5. The van der Waals surface area contributed by atoms with E-state index in [1.807, 2.05) is 0 Å². The van der Waals surface area contributed by atoms with Crippen LogP contribution in [0.2, 0.25) is 0 Å². The first-order valence-corrected chi connectivity index (χ1v) is 22.8. The van der Waals surface area contributed by atoms with Crippen LogP contribution in [0.5, 0.6) is 0 Å². The SMILES string of the molecule is CC/C=C\C/C=C\C/C=C\C/C=C\C/C=C\CCCC(=O)OCC(COCCCCCCCC)OC(=O)CCCCCCCCCCCCCCCCC. The van der Waals surface area contributed by atoms with E-state index in [0.29, 0.717) is 19.4 Å². The minimum atomic E-state index is -0.552. The molecule has 0 fully saturated rings. The van der Waals surface area contributed by atoms with Gasteiger partial charge in [0.25, 0.3) is 0 Å². The van der Waals surface area contributed by atoms with Gasteiger partial charge in [-0.15, -0.1) is 0 Å². The van der Waals surface area contributed by atoms with E-state index in [-0.39, 0.29) is 25.2 Å². The predicted molar refractivity (Wildman–Crippen MR) is 233 cm³/mol. The van der Waals surface area contributed by atoms with E-state index in [9.17, 15) is 9.59 Å². The first kappa shape index (κ1) is 51.6. The van der Waals surface area contributed by atoms with Gasteiger partial charge >= 0.3 is 11.9 Å². The number of carbonyl (C=O) groups excluding carboxylic acids is 2. The highest BCUT2D eigenvalue weighted by Crippen LogP contribution is 2.14.